The van der Waals surface area contributed by atoms with E-state index in [4.69, 9.17) is 0 Å². The van der Waals surface area contributed by atoms with Crippen molar-refractivity contribution in [3.63, 3.8) is 0 Å². The lowest BCUT2D eigenvalue weighted by Crippen LogP contribution is -2.34. The fourth-order valence-electron chi connectivity index (χ4n) is 7.00. The van der Waals surface area contributed by atoms with E-state index in [-0.39, 0.29) is 6.42 Å². The lowest BCUT2D eigenvalue weighted by molar-refractivity contribution is -0.659. The van der Waals surface area contributed by atoms with Crippen LogP contribution in [0.25, 0.3) is 66.5 Å². The molecule has 5 aromatic carbocycles. The van der Waals surface area contributed by atoms with E-state index < -0.39 is 11.6 Å². The molecule has 7 rings (SSSR count). The summed E-state index contributed by atoms with van der Waals surface area (Å²) < 4.78 is 43.5. The lowest BCUT2D eigenvalue weighted by atomic mass is 9.76. The molecule has 1 aliphatic rings. The Balaban J connectivity index is 1.57. The Labute approximate surface area is 262 Å². The van der Waals surface area contributed by atoms with Gasteiger partial charge in [0.25, 0.3) is 0 Å². The van der Waals surface area contributed by atoms with Crippen LogP contribution in [0.4, 0.5) is 13.2 Å². The summed E-state index contributed by atoms with van der Waals surface area (Å²) in [6, 6.07) is 36.0. The van der Waals surface area contributed by atoms with Crippen molar-refractivity contribution in [2.75, 3.05) is 0 Å². The normalized spacial score (nSPS) is 12.5. The van der Waals surface area contributed by atoms with Crippen LogP contribution in [0.1, 0.15) is 30.5 Å². The Morgan fingerprint density at radius 2 is 1.11 bits per heavy atom. The highest BCUT2D eigenvalue weighted by atomic mass is 19.4. The first-order valence-electron chi connectivity index (χ1n) is 15.4. The molecule has 0 aliphatic heterocycles. The summed E-state index contributed by atoms with van der Waals surface area (Å²) in [6.45, 7) is 6.90. The molecule has 1 aromatic heterocycles. The van der Waals surface area contributed by atoms with Gasteiger partial charge >= 0.3 is 6.18 Å². The number of alkyl halides is 3. The van der Waals surface area contributed by atoms with Crippen LogP contribution in [0.5, 0.6) is 0 Å². The SMILES string of the molecule is Cc1cc2c(c(-c3c4ccc(CC(C)(C)C(F)(F)F)cc4cc[n+]3C)c1C)-c1ccccc1-c1ccccc1-c1ccccc1-2. The van der Waals surface area contributed by atoms with Crippen LogP contribution in [0.2, 0.25) is 0 Å². The van der Waals surface area contributed by atoms with Crippen molar-refractivity contribution in [3.8, 4) is 55.8 Å². The first kappa shape index (κ1) is 29.0. The van der Waals surface area contributed by atoms with Crippen LogP contribution >= 0.6 is 0 Å². The number of aromatic nitrogens is 1. The Hall–Kier alpha value is -4.70. The van der Waals surface area contributed by atoms with Crippen molar-refractivity contribution in [2.45, 2.75) is 40.3 Å². The number of aryl methyl sites for hydroxylation is 2. The number of hydrogen-bond donors (Lipinski definition) is 0. The van der Waals surface area contributed by atoms with E-state index in [1.807, 2.05) is 30.5 Å². The van der Waals surface area contributed by atoms with Crippen molar-refractivity contribution >= 4 is 10.8 Å². The standard InChI is InChI=1S/C41H35F3N/c1-25-22-36-34-16-9-8-14-32(34)30-12-6-7-13-31(30)33-15-10-11-17-35(33)38(36)37(26(25)2)39-29-19-18-27(23-28(29)20-21-45(39)5)24-40(3,4)41(42,43)44/h6-23H,24H2,1-5H3/q+1. The molecule has 45 heavy (non-hydrogen) atoms. The average molecular weight is 599 g/mol. The molecule has 0 saturated heterocycles. The number of rotatable bonds is 3. The van der Waals surface area contributed by atoms with Gasteiger partial charge in [-0.05, 0) is 87.4 Å². The first-order valence-corrected chi connectivity index (χ1v) is 15.4. The van der Waals surface area contributed by atoms with Crippen molar-refractivity contribution < 1.29 is 17.7 Å². The van der Waals surface area contributed by atoms with E-state index >= 15 is 0 Å². The molecule has 0 atom stereocenters. The highest BCUT2D eigenvalue weighted by Crippen LogP contribution is 2.52. The maximum absolute atomic E-state index is 13.8. The Morgan fingerprint density at radius 1 is 0.600 bits per heavy atom. The number of benzene rings is 5. The molecule has 224 valence electrons. The third-order valence-electron chi connectivity index (χ3n) is 9.62. The molecule has 0 saturated carbocycles. The quantitative estimate of drug-likeness (QED) is 0.178. The maximum Gasteiger partial charge on any atom is 0.394 e. The van der Waals surface area contributed by atoms with Gasteiger partial charge in [0.1, 0.15) is 7.05 Å². The van der Waals surface area contributed by atoms with E-state index in [9.17, 15) is 13.2 Å². The zero-order chi connectivity index (χ0) is 31.7. The monoisotopic (exact) mass is 598 g/mol. The van der Waals surface area contributed by atoms with E-state index in [1.54, 1.807) is 0 Å². The smallest absolute Gasteiger partial charge is 0.200 e. The van der Waals surface area contributed by atoms with Gasteiger partial charge in [-0.25, -0.2) is 4.57 Å². The van der Waals surface area contributed by atoms with Gasteiger partial charge in [-0.2, -0.15) is 13.2 Å². The molecule has 0 N–H and O–H groups in total. The molecule has 1 aliphatic carbocycles. The van der Waals surface area contributed by atoms with E-state index in [1.165, 1.54) is 63.9 Å². The zero-order valence-corrected chi connectivity index (χ0v) is 26.2. The summed E-state index contributed by atoms with van der Waals surface area (Å²) in [5, 5.41) is 1.94. The van der Waals surface area contributed by atoms with Gasteiger partial charge in [0.2, 0.25) is 5.69 Å². The third-order valence-corrected chi connectivity index (χ3v) is 9.62. The molecule has 1 heterocycles. The maximum atomic E-state index is 13.8. The molecule has 0 radical (unpaired) electrons. The fourth-order valence-corrected chi connectivity index (χ4v) is 7.00. The summed E-state index contributed by atoms with van der Waals surface area (Å²) in [5.41, 5.74) is 12.9. The third kappa shape index (κ3) is 4.66. The van der Waals surface area contributed by atoms with Crippen LogP contribution in [0, 0.1) is 19.3 Å². The molecule has 1 nitrogen and oxygen atoms in total. The van der Waals surface area contributed by atoms with E-state index in [0.717, 1.165) is 27.6 Å². The van der Waals surface area contributed by atoms with E-state index in [2.05, 4.69) is 104 Å². The summed E-state index contributed by atoms with van der Waals surface area (Å²) in [6.07, 6.45) is -2.33. The van der Waals surface area contributed by atoms with Gasteiger partial charge in [-0.3, -0.25) is 0 Å². The van der Waals surface area contributed by atoms with Crippen molar-refractivity contribution in [1.82, 2.24) is 0 Å². The summed E-state index contributed by atoms with van der Waals surface area (Å²) in [4.78, 5) is 0. The van der Waals surface area contributed by atoms with Crippen LogP contribution in [0.15, 0.2) is 109 Å². The summed E-state index contributed by atoms with van der Waals surface area (Å²) in [7, 11) is 2.06. The van der Waals surface area contributed by atoms with Gasteiger partial charge in [-0.15, -0.1) is 0 Å². The summed E-state index contributed by atoms with van der Waals surface area (Å²) in [5.74, 6) is 0. The minimum Gasteiger partial charge on any atom is -0.200 e. The molecule has 0 fully saturated rings. The number of halogens is 3. The van der Waals surface area contributed by atoms with Gasteiger partial charge in [0, 0.05) is 11.6 Å². The average Bonchev–Trinajstić information content (AvgIpc) is 3.01. The number of pyridine rings is 1. The zero-order valence-electron chi connectivity index (χ0n) is 26.2. The second kappa shape index (κ2) is 10.4. The minimum absolute atomic E-state index is 0.0781. The second-order valence-electron chi connectivity index (χ2n) is 13.0. The molecule has 0 unspecified atom stereocenters. The number of fused-ring (bicyclic) bond motifs is 9. The van der Waals surface area contributed by atoms with Crippen molar-refractivity contribution in [3.05, 3.63) is 126 Å². The molecular weight excluding hydrogens is 563 g/mol. The molecule has 4 heteroatoms. The fraction of sp³-hybridized carbons (Fsp3) is 0.195. The predicted molar refractivity (Wildman–Crippen MR) is 179 cm³/mol. The van der Waals surface area contributed by atoms with Crippen molar-refractivity contribution in [1.29, 1.82) is 0 Å². The van der Waals surface area contributed by atoms with Crippen LogP contribution in [-0.4, -0.2) is 6.18 Å². The molecule has 0 amide bonds. The predicted octanol–water partition coefficient (Wildman–Crippen LogP) is 11.1. The highest BCUT2D eigenvalue weighted by Gasteiger charge is 2.47. The Kier molecular flexibility index (Phi) is 6.74. The highest BCUT2D eigenvalue weighted by molar-refractivity contribution is 6.09. The van der Waals surface area contributed by atoms with Crippen LogP contribution in [0.3, 0.4) is 0 Å². The van der Waals surface area contributed by atoms with Gasteiger partial charge < -0.3 is 0 Å². The Morgan fingerprint density at radius 3 is 1.67 bits per heavy atom. The summed E-state index contributed by atoms with van der Waals surface area (Å²) >= 11 is 0. The first-order chi connectivity index (χ1) is 21.5. The minimum atomic E-state index is -4.28. The van der Waals surface area contributed by atoms with Gasteiger partial charge in [0.15, 0.2) is 6.20 Å². The van der Waals surface area contributed by atoms with E-state index in [0.29, 0.717) is 5.56 Å². The topological polar surface area (TPSA) is 3.88 Å². The lowest BCUT2D eigenvalue weighted by Gasteiger charge is -2.28. The molecule has 0 bridgehead atoms. The van der Waals surface area contributed by atoms with Gasteiger partial charge in [0.05, 0.1) is 16.4 Å². The molecule has 0 spiro atoms. The van der Waals surface area contributed by atoms with Gasteiger partial charge in [-0.1, -0.05) is 105 Å². The number of nitrogens with zero attached hydrogens (tertiary/aromatic N) is 1. The Bertz CT molecular complexity index is 2130. The van der Waals surface area contributed by atoms with Crippen LogP contribution < -0.4 is 4.57 Å². The largest absolute Gasteiger partial charge is 0.394 e. The number of hydrogen-bond acceptors (Lipinski definition) is 0. The molecule has 6 aromatic rings. The van der Waals surface area contributed by atoms with Crippen molar-refractivity contribution in [2.24, 2.45) is 12.5 Å². The van der Waals surface area contributed by atoms with Crippen LogP contribution in [-0.2, 0) is 13.5 Å². The second-order valence-corrected chi connectivity index (χ2v) is 13.0. The molecular formula is C41H35F3N+.